The fourth-order valence-electron chi connectivity index (χ4n) is 0.760. The fourth-order valence-corrected chi connectivity index (χ4v) is 2.28. The first-order valence-corrected chi connectivity index (χ1v) is 6.11. The summed E-state index contributed by atoms with van der Waals surface area (Å²) in [7, 11) is -1.57. The van der Waals surface area contributed by atoms with E-state index in [1.165, 1.54) is 4.31 Å². The van der Waals surface area contributed by atoms with Gasteiger partial charge >= 0.3 is 0 Å². The van der Waals surface area contributed by atoms with Crippen LogP contribution in [0.4, 0.5) is 0 Å². The van der Waals surface area contributed by atoms with Crippen LogP contribution in [0.1, 0.15) is 20.8 Å². The van der Waals surface area contributed by atoms with Gasteiger partial charge in [0.2, 0.25) is 10.0 Å². The topological polar surface area (TPSA) is 63.4 Å². The summed E-state index contributed by atoms with van der Waals surface area (Å²) in [5, 5.41) is 0. The van der Waals surface area contributed by atoms with Gasteiger partial charge in [-0.1, -0.05) is 20.8 Å². The molecule has 0 rings (SSSR count). The third-order valence-corrected chi connectivity index (χ3v) is 4.19. The number of hydrogen-bond acceptors (Lipinski definition) is 3. The zero-order valence-electron chi connectivity index (χ0n) is 8.82. The van der Waals surface area contributed by atoms with Crippen LogP contribution in [0.2, 0.25) is 0 Å². The maximum absolute atomic E-state index is 11.5. The lowest BCUT2D eigenvalue weighted by atomic mass is 10.1. The van der Waals surface area contributed by atoms with E-state index in [9.17, 15) is 8.42 Å². The second-order valence-electron chi connectivity index (χ2n) is 3.60. The van der Waals surface area contributed by atoms with Crippen molar-refractivity contribution in [3.05, 3.63) is 0 Å². The second-order valence-corrected chi connectivity index (χ2v) is 5.72. The molecule has 1 atom stereocenters. The summed E-state index contributed by atoms with van der Waals surface area (Å²) in [4.78, 5) is 0. The lowest BCUT2D eigenvalue weighted by Crippen LogP contribution is -2.40. The highest BCUT2D eigenvalue weighted by Crippen LogP contribution is 2.05. The molecule has 0 aromatic heterocycles. The highest BCUT2D eigenvalue weighted by atomic mass is 32.2. The Morgan fingerprint density at radius 1 is 1.38 bits per heavy atom. The largest absolute Gasteiger partial charge is 0.326 e. The molecule has 0 bridgehead atoms. The van der Waals surface area contributed by atoms with Crippen LogP contribution in [0.15, 0.2) is 0 Å². The molecule has 0 amide bonds. The van der Waals surface area contributed by atoms with Crippen LogP contribution in [0.3, 0.4) is 0 Å². The molecule has 0 spiro atoms. The predicted molar refractivity (Wildman–Crippen MR) is 54.9 cm³/mol. The molecule has 80 valence electrons. The molecule has 0 saturated carbocycles. The molecule has 5 heteroatoms. The first kappa shape index (κ1) is 12.9. The third kappa shape index (κ3) is 4.06. The van der Waals surface area contributed by atoms with Gasteiger partial charge in [-0.05, 0) is 5.92 Å². The lowest BCUT2D eigenvalue weighted by Gasteiger charge is -2.20. The van der Waals surface area contributed by atoms with Gasteiger partial charge in [-0.25, -0.2) is 12.7 Å². The van der Waals surface area contributed by atoms with Crippen molar-refractivity contribution in [3.63, 3.8) is 0 Å². The standard InChI is InChI=1S/C8H20N2O2S/c1-5-10(4)13(11,12)6-8(9)7(2)3/h7-8H,5-6,9H2,1-4H3. The van der Waals surface area contributed by atoms with Crippen LogP contribution in [-0.4, -0.2) is 38.1 Å². The van der Waals surface area contributed by atoms with Gasteiger partial charge in [0.05, 0.1) is 5.75 Å². The van der Waals surface area contributed by atoms with Gasteiger partial charge in [-0.15, -0.1) is 0 Å². The monoisotopic (exact) mass is 208 g/mol. The van der Waals surface area contributed by atoms with Crippen molar-refractivity contribution in [2.75, 3.05) is 19.3 Å². The number of nitrogens with two attached hydrogens (primary N) is 1. The SMILES string of the molecule is CCN(C)S(=O)(=O)CC(N)C(C)C. The number of rotatable bonds is 5. The summed E-state index contributed by atoms with van der Waals surface area (Å²) in [6, 6.07) is -0.279. The molecule has 0 fully saturated rings. The van der Waals surface area contributed by atoms with Crippen molar-refractivity contribution >= 4 is 10.0 Å². The Labute approximate surface area is 81.2 Å². The zero-order valence-corrected chi connectivity index (χ0v) is 9.63. The van der Waals surface area contributed by atoms with E-state index < -0.39 is 10.0 Å². The lowest BCUT2D eigenvalue weighted by molar-refractivity contribution is 0.463. The van der Waals surface area contributed by atoms with Gasteiger partial charge in [-0.3, -0.25) is 0 Å². The first-order valence-electron chi connectivity index (χ1n) is 4.50. The molecule has 0 aliphatic heterocycles. The van der Waals surface area contributed by atoms with Gasteiger partial charge < -0.3 is 5.73 Å². The summed E-state index contributed by atoms with van der Waals surface area (Å²) < 4.78 is 24.4. The Morgan fingerprint density at radius 2 is 1.85 bits per heavy atom. The van der Waals surface area contributed by atoms with E-state index in [2.05, 4.69) is 0 Å². The average molecular weight is 208 g/mol. The van der Waals surface area contributed by atoms with Crippen molar-refractivity contribution in [3.8, 4) is 0 Å². The molecule has 0 aromatic carbocycles. The number of sulfonamides is 1. The molecular weight excluding hydrogens is 188 g/mol. The Balaban J connectivity index is 4.35. The van der Waals surface area contributed by atoms with E-state index in [0.717, 1.165) is 0 Å². The third-order valence-electron chi connectivity index (χ3n) is 2.18. The van der Waals surface area contributed by atoms with E-state index in [0.29, 0.717) is 6.54 Å². The minimum Gasteiger partial charge on any atom is -0.326 e. The molecule has 0 aliphatic carbocycles. The maximum atomic E-state index is 11.5. The van der Waals surface area contributed by atoms with Crippen molar-refractivity contribution < 1.29 is 8.42 Å². The minimum absolute atomic E-state index is 0.0367. The van der Waals surface area contributed by atoms with E-state index in [1.54, 1.807) is 14.0 Å². The fraction of sp³-hybridized carbons (Fsp3) is 1.00. The van der Waals surface area contributed by atoms with E-state index in [1.807, 2.05) is 13.8 Å². The first-order chi connectivity index (χ1) is 5.81. The predicted octanol–water partition coefficient (Wildman–Crippen LogP) is 0.251. The Kier molecular flexibility index (Phi) is 4.88. The van der Waals surface area contributed by atoms with Crippen LogP contribution in [0.5, 0.6) is 0 Å². The van der Waals surface area contributed by atoms with Crippen LogP contribution >= 0.6 is 0 Å². The van der Waals surface area contributed by atoms with Crippen molar-refractivity contribution in [2.45, 2.75) is 26.8 Å². The van der Waals surface area contributed by atoms with Crippen LogP contribution in [0, 0.1) is 5.92 Å². The van der Waals surface area contributed by atoms with Crippen LogP contribution in [0.25, 0.3) is 0 Å². The molecule has 1 unspecified atom stereocenters. The molecule has 0 heterocycles. The van der Waals surface area contributed by atoms with Gasteiger partial charge in [0.1, 0.15) is 0 Å². The molecule has 0 radical (unpaired) electrons. The van der Waals surface area contributed by atoms with Crippen LogP contribution < -0.4 is 5.73 Å². The normalized spacial score (nSPS) is 15.3. The molecule has 2 N–H and O–H groups in total. The molecule has 13 heavy (non-hydrogen) atoms. The maximum Gasteiger partial charge on any atom is 0.215 e. The van der Waals surface area contributed by atoms with Crippen LogP contribution in [-0.2, 0) is 10.0 Å². The number of hydrogen-bond donors (Lipinski definition) is 1. The summed E-state index contributed by atoms with van der Waals surface area (Å²) in [6.45, 7) is 6.14. The zero-order chi connectivity index (χ0) is 10.6. The molecule has 4 nitrogen and oxygen atoms in total. The molecule has 0 saturated heterocycles. The second kappa shape index (κ2) is 4.93. The Hall–Kier alpha value is -0.130. The van der Waals surface area contributed by atoms with Gasteiger partial charge in [0, 0.05) is 19.6 Å². The Morgan fingerprint density at radius 3 is 2.15 bits per heavy atom. The average Bonchev–Trinajstić information content (AvgIpc) is 2.01. The summed E-state index contributed by atoms with van der Waals surface area (Å²) in [5.74, 6) is 0.231. The number of nitrogens with zero attached hydrogens (tertiary/aromatic N) is 1. The highest BCUT2D eigenvalue weighted by molar-refractivity contribution is 7.89. The van der Waals surface area contributed by atoms with Gasteiger partial charge in [0.15, 0.2) is 0 Å². The minimum atomic E-state index is -3.15. The highest BCUT2D eigenvalue weighted by Gasteiger charge is 2.21. The van der Waals surface area contributed by atoms with Gasteiger partial charge in [-0.2, -0.15) is 0 Å². The summed E-state index contributed by atoms with van der Waals surface area (Å²) >= 11 is 0. The van der Waals surface area contributed by atoms with E-state index >= 15 is 0 Å². The van der Waals surface area contributed by atoms with Crippen molar-refractivity contribution in [1.82, 2.24) is 4.31 Å². The van der Waals surface area contributed by atoms with E-state index in [-0.39, 0.29) is 17.7 Å². The molecule has 0 aliphatic rings. The van der Waals surface area contributed by atoms with E-state index in [4.69, 9.17) is 5.73 Å². The summed E-state index contributed by atoms with van der Waals surface area (Å²) in [6.07, 6.45) is 0. The Bertz CT molecular complexity index is 237. The van der Waals surface area contributed by atoms with Crippen molar-refractivity contribution in [2.24, 2.45) is 11.7 Å². The molecular formula is C8H20N2O2S. The molecule has 0 aromatic rings. The quantitative estimate of drug-likeness (QED) is 0.704. The van der Waals surface area contributed by atoms with Gasteiger partial charge in [0.25, 0.3) is 0 Å². The summed E-state index contributed by atoms with van der Waals surface area (Å²) in [5.41, 5.74) is 5.69. The van der Waals surface area contributed by atoms with Crippen molar-refractivity contribution in [1.29, 1.82) is 0 Å². The smallest absolute Gasteiger partial charge is 0.215 e.